The van der Waals surface area contributed by atoms with Gasteiger partial charge < -0.3 is 40.2 Å². The number of fused-ring (bicyclic) bond motifs is 7. The lowest BCUT2D eigenvalue weighted by Crippen LogP contribution is -2.63. The molecule has 11 atom stereocenters. The third kappa shape index (κ3) is 7.63. The van der Waals surface area contributed by atoms with Crippen LogP contribution in [0.25, 0.3) is 0 Å². The van der Waals surface area contributed by atoms with Crippen LogP contribution in [0.4, 0.5) is 0 Å². The Morgan fingerprint density at radius 2 is 1.82 bits per heavy atom. The second-order valence-corrected chi connectivity index (χ2v) is 18.0. The van der Waals surface area contributed by atoms with Gasteiger partial charge in [0.1, 0.15) is 19.0 Å². The van der Waals surface area contributed by atoms with E-state index >= 15 is 0 Å². The lowest BCUT2D eigenvalue weighted by molar-refractivity contribution is -0.200. The second kappa shape index (κ2) is 15.4. The molecule has 7 rings (SSSR count). The number of carbonyl (C=O) groups is 4. The van der Waals surface area contributed by atoms with Gasteiger partial charge in [-0.3, -0.25) is 23.7 Å². The molecule has 2 aromatic carbocycles. The average Bonchev–Trinajstić information content (AvgIpc) is 3.66. The van der Waals surface area contributed by atoms with E-state index in [9.17, 15) is 38.6 Å². The SMILES string of the molecule is C[C@H](N)C(=O)N[C@@H](C)C(=O)Cc1cccc(OCc2ccc([C@@H]3O[C@@H]4C[C@H]5[C@@H]6CCC7=CC(=O)C=C[C@]7(C)[C@H]6[C@@H](O)C[C@]5(C)[C@]4(C(=O)COP(=O)(O)O)O3)cc2)c1. The van der Waals surface area contributed by atoms with Crippen LogP contribution in [0.5, 0.6) is 5.75 Å². The fraction of sp³-hybridized carbons (Fsp3) is 0.524. The zero-order valence-corrected chi connectivity index (χ0v) is 33.4. The highest BCUT2D eigenvalue weighted by atomic mass is 31.2. The molecule has 4 fully saturated rings. The van der Waals surface area contributed by atoms with Gasteiger partial charge in [-0.05, 0) is 86.8 Å². The van der Waals surface area contributed by atoms with E-state index in [-0.39, 0.29) is 48.8 Å². The molecule has 0 spiro atoms. The summed E-state index contributed by atoms with van der Waals surface area (Å²) in [6, 6.07) is 13.0. The highest BCUT2D eigenvalue weighted by Crippen LogP contribution is 2.70. The fourth-order valence-corrected chi connectivity index (χ4v) is 10.7. The number of benzene rings is 2. The van der Waals surface area contributed by atoms with Crippen LogP contribution in [-0.4, -0.2) is 74.6 Å². The van der Waals surface area contributed by atoms with Crippen molar-refractivity contribution in [1.82, 2.24) is 5.32 Å². The predicted molar refractivity (Wildman–Crippen MR) is 205 cm³/mol. The molecule has 1 heterocycles. The number of amides is 1. The summed E-state index contributed by atoms with van der Waals surface area (Å²) in [7, 11) is -5.01. The summed E-state index contributed by atoms with van der Waals surface area (Å²) in [4.78, 5) is 70.3. The molecule has 5 aliphatic rings. The van der Waals surface area contributed by atoms with E-state index in [0.717, 1.165) is 16.7 Å². The topological polar surface area (TPSA) is 221 Å². The van der Waals surface area contributed by atoms with Gasteiger partial charge in [0, 0.05) is 28.7 Å². The largest absolute Gasteiger partial charge is 0.489 e. The van der Waals surface area contributed by atoms with Crippen molar-refractivity contribution in [2.45, 2.75) is 103 Å². The quantitative estimate of drug-likeness (QED) is 0.181. The van der Waals surface area contributed by atoms with Gasteiger partial charge in [0.2, 0.25) is 5.91 Å². The van der Waals surface area contributed by atoms with Crippen molar-refractivity contribution < 1.29 is 57.4 Å². The van der Waals surface area contributed by atoms with Gasteiger partial charge >= 0.3 is 7.82 Å². The van der Waals surface area contributed by atoms with Crippen molar-refractivity contribution >= 4 is 31.1 Å². The molecule has 4 aliphatic carbocycles. The summed E-state index contributed by atoms with van der Waals surface area (Å²) in [5.74, 6) is -1.13. The number of phosphoric acid groups is 1. The van der Waals surface area contributed by atoms with Gasteiger partial charge in [0.25, 0.3) is 0 Å². The molecule has 1 saturated heterocycles. The van der Waals surface area contributed by atoms with Crippen LogP contribution in [0, 0.1) is 28.6 Å². The van der Waals surface area contributed by atoms with Crippen LogP contribution in [0.2, 0.25) is 0 Å². The van der Waals surface area contributed by atoms with Crippen molar-refractivity contribution in [3.63, 3.8) is 0 Å². The highest BCUT2D eigenvalue weighted by Gasteiger charge is 2.76. The summed E-state index contributed by atoms with van der Waals surface area (Å²) in [6.45, 7) is 6.45. The van der Waals surface area contributed by atoms with E-state index in [4.69, 9.17) is 24.5 Å². The lowest BCUT2D eigenvalue weighted by atomic mass is 9.46. The lowest BCUT2D eigenvalue weighted by Gasteiger charge is -2.59. The first-order chi connectivity index (χ1) is 26.8. The Labute approximate surface area is 331 Å². The van der Waals surface area contributed by atoms with E-state index in [2.05, 4.69) is 12.2 Å². The number of nitrogens with two attached hydrogens (primary N) is 1. The number of ether oxygens (including phenoxy) is 3. The number of aliphatic hydroxyl groups excluding tert-OH is 1. The molecule has 6 N–H and O–H groups in total. The van der Waals surface area contributed by atoms with Gasteiger partial charge in [0.15, 0.2) is 29.2 Å². The van der Waals surface area contributed by atoms with Gasteiger partial charge in [-0.2, -0.15) is 0 Å². The molecule has 57 heavy (non-hydrogen) atoms. The van der Waals surface area contributed by atoms with Crippen molar-refractivity contribution in [2.24, 2.45) is 34.3 Å². The van der Waals surface area contributed by atoms with Crippen LogP contribution in [0.15, 0.2) is 72.3 Å². The first-order valence-electron chi connectivity index (χ1n) is 19.4. The maximum atomic E-state index is 14.3. The van der Waals surface area contributed by atoms with E-state index in [1.165, 1.54) is 0 Å². The summed E-state index contributed by atoms with van der Waals surface area (Å²) >= 11 is 0. The van der Waals surface area contributed by atoms with Crippen LogP contribution in [0.3, 0.4) is 0 Å². The van der Waals surface area contributed by atoms with Crippen molar-refractivity contribution in [2.75, 3.05) is 6.61 Å². The minimum absolute atomic E-state index is 0.0423. The Kier molecular flexibility index (Phi) is 11.2. The number of Topliss-reactive ketones (excluding diaryl/α,β-unsaturated/α-hetero) is 2. The molecule has 306 valence electrons. The monoisotopic (exact) mass is 806 g/mol. The number of carbonyl (C=O) groups excluding carboxylic acids is 4. The summed E-state index contributed by atoms with van der Waals surface area (Å²) in [6.07, 6.45) is 4.58. The van der Waals surface area contributed by atoms with E-state index in [1.807, 2.05) is 25.1 Å². The van der Waals surface area contributed by atoms with Crippen LogP contribution < -0.4 is 15.8 Å². The van der Waals surface area contributed by atoms with E-state index in [1.54, 1.807) is 62.4 Å². The van der Waals surface area contributed by atoms with Gasteiger partial charge in [-0.15, -0.1) is 0 Å². The summed E-state index contributed by atoms with van der Waals surface area (Å²) in [5.41, 5.74) is 5.58. The third-order valence-electron chi connectivity index (χ3n) is 13.2. The Hall–Kier alpha value is -3.85. The van der Waals surface area contributed by atoms with Crippen molar-refractivity contribution in [3.8, 4) is 5.75 Å². The number of rotatable bonds is 13. The Morgan fingerprint density at radius 3 is 2.53 bits per heavy atom. The molecule has 1 aliphatic heterocycles. The molecular weight excluding hydrogens is 755 g/mol. The normalized spacial score (nSPS) is 33.9. The third-order valence-corrected chi connectivity index (χ3v) is 13.7. The maximum absolute atomic E-state index is 14.3. The van der Waals surface area contributed by atoms with Gasteiger partial charge in [0.05, 0.1) is 24.3 Å². The van der Waals surface area contributed by atoms with Gasteiger partial charge in [-0.1, -0.05) is 61.9 Å². The number of nitrogens with one attached hydrogen (secondary N) is 1. The standard InChI is InChI=1S/C42H51N2O12P/c1-23(43)38(49)44-24(2)33(46)17-26-6-5-7-30(16-26)53-21-25-8-10-27(11-9-25)39-55-36-19-32-31-13-12-28-18-29(45)14-15-40(28,3)37(31)34(47)20-41(32,4)42(36,56-39)35(48)22-54-57(50,51)52/h5-11,14-16,18,23-24,31-32,34,36-37,39,47H,12-13,17,19-22,43H2,1-4H3,(H,44,49)(H2,50,51,52)/t23-,24-,31-,32-,34-,36+,37+,39+,40-,41-,42+/m0/s1. The number of ketones is 3. The molecule has 2 aromatic rings. The molecule has 0 aromatic heterocycles. The molecule has 3 saturated carbocycles. The zero-order chi connectivity index (χ0) is 41.1. The molecule has 14 nitrogen and oxygen atoms in total. The second-order valence-electron chi connectivity index (χ2n) is 16.8. The number of hydrogen-bond donors (Lipinski definition) is 5. The Morgan fingerprint density at radius 1 is 1.09 bits per heavy atom. The van der Waals surface area contributed by atoms with Crippen LogP contribution in [-0.2, 0) is 50.8 Å². The first kappa shape index (κ1) is 41.3. The zero-order valence-electron chi connectivity index (χ0n) is 32.5. The Balaban J connectivity index is 1.06. The molecule has 15 heteroatoms. The molecule has 0 bridgehead atoms. The number of hydrogen-bond acceptors (Lipinski definition) is 11. The number of phosphoric ester groups is 1. The average molecular weight is 807 g/mol. The number of allylic oxidation sites excluding steroid dienone is 4. The number of aliphatic hydroxyl groups is 1. The molecule has 0 unspecified atom stereocenters. The van der Waals surface area contributed by atoms with Crippen LogP contribution >= 0.6 is 7.82 Å². The van der Waals surface area contributed by atoms with Gasteiger partial charge in [-0.25, -0.2) is 4.57 Å². The smallest absolute Gasteiger partial charge is 0.470 e. The maximum Gasteiger partial charge on any atom is 0.470 e. The minimum atomic E-state index is -5.01. The van der Waals surface area contributed by atoms with Crippen molar-refractivity contribution in [1.29, 1.82) is 0 Å². The van der Waals surface area contributed by atoms with Crippen LogP contribution in [0.1, 0.15) is 76.4 Å². The summed E-state index contributed by atoms with van der Waals surface area (Å²) < 4.78 is 35.9. The molecule has 0 radical (unpaired) electrons. The predicted octanol–water partition coefficient (Wildman–Crippen LogP) is 3.95. The molecular formula is C42H51N2O12P. The Bertz CT molecular complexity index is 2050. The fourth-order valence-electron chi connectivity index (χ4n) is 10.4. The van der Waals surface area contributed by atoms with E-state index in [0.29, 0.717) is 30.6 Å². The van der Waals surface area contributed by atoms with Crippen molar-refractivity contribution in [3.05, 3.63) is 89.0 Å². The van der Waals surface area contributed by atoms with E-state index < -0.39 is 73.1 Å². The highest BCUT2D eigenvalue weighted by molar-refractivity contribution is 7.46. The minimum Gasteiger partial charge on any atom is -0.489 e. The summed E-state index contributed by atoms with van der Waals surface area (Å²) in [5, 5.41) is 14.6. The first-order valence-corrected chi connectivity index (χ1v) is 21.0. The molecule has 1 amide bonds.